The number of nitrogens with zero attached hydrogens (tertiary/aromatic N) is 4. The van der Waals surface area contributed by atoms with Gasteiger partial charge in [0, 0.05) is 41.7 Å². The predicted octanol–water partition coefficient (Wildman–Crippen LogP) is 4.80. The van der Waals surface area contributed by atoms with E-state index >= 15 is 0 Å². The topological polar surface area (TPSA) is 78.7 Å². The van der Waals surface area contributed by atoms with Crippen LogP contribution in [-0.4, -0.2) is 55.8 Å². The van der Waals surface area contributed by atoms with Crippen LogP contribution in [0.2, 0.25) is 5.02 Å². The molecule has 1 aromatic heterocycles. The molecule has 12 heteroatoms. The summed E-state index contributed by atoms with van der Waals surface area (Å²) in [5, 5.41) is 13.2. The van der Waals surface area contributed by atoms with Crippen LogP contribution in [0, 0.1) is 11.7 Å². The van der Waals surface area contributed by atoms with Crippen molar-refractivity contribution in [3.8, 4) is 0 Å². The second kappa shape index (κ2) is 9.67. The van der Waals surface area contributed by atoms with Crippen LogP contribution in [0.4, 0.5) is 22.4 Å². The van der Waals surface area contributed by atoms with Crippen molar-refractivity contribution in [2.45, 2.75) is 57.9 Å². The van der Waals surface area contributed by atoms with Crippen molar-refractivity contribution in [2.24, 2.45) is 5.92 Å². The Morgan fingerprint density at radius 3 is 2.63 bits per heavy atom. The molecule has 2 unspecified atom stereocenters. The molecule has 2 aliphatic heterocycles. The van der Waals surface area contributed by atoms with Gasteiger partial charge in [-0.15, -0.1) is 0 Å². The maximum atomic E-state index is 14.3. The number of hydrogen-bond acceptors (Lipinski definition) is 3. The summed E-state index contributed by atoms with van der Waals surface area (Å²) in [6.45, 7) is 1.97. The van der Waals surface area contributed by atoms with E-state index in [2.05, 4.69) is 5.10 Å². The number of rotatable bonds is 4. The maximum Gasteiger partial charge on any atom is 0.435 e. The molecular weight excluding hydrogens is 492 g/mol. The summed E-state index contributed by atoms with van der Waals surface area (Å²) in [6.07, 6.45) is -4.38. The van der Waals surface area contributed by atoms with E-state index in [9.17, 15) is 32.3 Å². The van der Waals surface area contributed by atoms with Crippen LogP contribution >= 0.6 is 11.6 Å². The average molecular weight is 517 g/mol. The van der Waals surface area contributed by atoms with E-state index in [-0.39, 0.29) is 72.2 Å². The maximum absolute atomic E-state index is 14.3. The van der Waals surface area contributed by atoms with Crippen LogP contribution in [0.25, 0.3) is 0 Å². The van der Waals surface area contributed by atoms with Gasteiger partial charge in [0.1, 0.15) is 5.82 Å². The molecule has 2 amide bonds. The molecule has 4 rings (SSSR count). The fourth-order valence-electron chi connectivity index (χ4n) is 4.98. The minimum absolute atomic E-state index is 0.00620. The van der Waals surface area contributed by atoms with Gasteiger partial charge in [-0.25, -0.2) is 9.18 Å². The van der Waals surface area contributed by atoms with Gasteiger partial charge in [-0.2, -0.15) is 18.3 Å². The van der Waals surface area contributed by atoms with Crippen LogP contribution in [0.15, 0.2) is 18.2 Å². The molecule has 1 saturated heterocycles. The Labute approximate surface area is 204 Å². The molecule has 2 atom stereocenters. The Morgan fingerprint density at radius 2 is 2.00 bits per heavy atom. The Hall–Kier alpha value is -2.82. The molecular formula is C23H25ClF4N4O3. The average Bonchev–Trinajstić information content (AvgIpc) is 3.13. The highest BCUT2D eigenvalue weighted by Gasteiger charge is 2.41. The van der Waals surface area contributed by atoms with Crippen LogP contribution in [0.3, 0.4) is 0 Å². The third kappa shape index (κ3) is 5.39. The van der Waals surface area contributed by atoms with Crippen LogP contribution in [0.5, 0.6) is 0 Å². The van der Waals surface area contributed by atoms with Crippen molar-refractivity contribution in [1.29, 1.82) is 0 Å². The quantitative estimate of drug-likeness (QED) is 0.592. The van der Waals surface area contributed by atoms with Crippen LogP contribution in [0.1, 0.15) is 48.7 Å². The second-order valence-corrected chi connectivity index (χ2v) is 9.59. The first-order valence-corrected chi connectivity index (χ1v) is 11.7. The Kier molecular flexibility index (Phi) is 6.99. The summed E-state index contributed by atoms with van der Waals surface area (Å²) in [5.41, 5.74) is -0.612. The molecule has 0 spiro atoms. The molecule has 35 heavy (non-hydrogen) atoms. The molecule has 0 bridgehead atoms. The van der Waals surface area contributed by atoms with E-state index in [0.717, 1.165) is 10.7 Å². The summed E-state index contributed by atoms with van der Waals surface area (Å²) in [6, 6.07) is 3.73. The molecule has 0 saturated carbocycles. The summed E-state index contributed by atoms with van der Waals surface area (Å²) in [5.74, 6) is -0.857. The molecule has 0 aliphatic carbocycles. The number of aromatic nitrogens is 2. The van der Waals surface area contributed by atoms with E-state index in [0.29, 0.717) is 19.4 Å². The van der Waals surface area contributed by atoms with Crippen molar-refractivity contribution in [1.82, 2.24) is 19.6 Å². The molecule has 1 N–H and O–H groups in total. The molecule has 1 aromatic carbocycles. The van der Waals surface area contributed by atoms with E-state index in [4.69, 9.17) is 11.6 Å². The Bertz CT molecular complexity index is 1140. The minimum atomic E-state index is -4.67. The smallest absolute Gasteiger partial charge is 0.435 e. The van der Waals surface area contributed by atoms with Crippen molar-refractivity contribution in [3.63, 3.8) is 0 Å². The van der Waals surface area contributed by atoms with Crippen molar-refractivity contribution < 1.29 is 32.3 Å². The van der Waals surface area contributed by atoms with Crippen molar-refractivity contribution >= 4 is 23.6 Å². The highest BCUT2D eigenvalue weighted by Crippen LogP contribution is 2.36. The number of carboxylic acid groups (broad SMARTS) is 1. The lowest BCUT2D eigenvalue weighted by molar-refractivity contribution is -0.142. The second-order valence-electron chi connectivity index (χ2n) is 9.15. The number of carbonyl (C=O) groups excluding carboxylic acids is 1. The largest absolute Gasteiger partial charge is 0.465 e. The number of benzene rings is 1. The van der Waals surface area contributed by atoms with Crippen LogP contribution in [-0.2, 0) is 30.5 Å². The molecule has 7 nitrogen and oxygen atoms in total. The monoisotopic (exact) mass is 516 g/mol. The molecule has 1 fully saturated rings. The third-order valence-electron chi connectivity index (χ3n) is 6.79. The zero-order chi connectivity index (χ0) is 25.5. The van der Waals surface area contributed by atoms with Crippen molar-refractivity contribution in [3.05, 3.63) is 51.6 Å². The predicted molar refractivity (Wildman–Crippen MR) is 118 cm³/mol. The highest BCUT2D eigenvalue weighted by atomic mass is 35.5. The van der Waals surface area contributed by atoms with Gasteiger partial charge >= 0.3 is 12.3 Å². The van der Waals surface area contributed by atoms with Gasteiger partial charge in [0.25, 0.3) is 0 Å². The van der Waals surface area contributed by atoms with E-state index < -0.39 is 23.8 Å². The number of alkyl halides is 3. The lowest BCUT2D eigenvalue weighted by Gasteiger charge is -2.36. The van der Waals surface area contributed by atoms with E-state index in [1.165, 1.54) is 21.9 Å². The molecule has 190 valence electrons. The fourth-order valence-corrected chi connectivity index (χ4v) is 5.14. The number of hydrogen-bond donors (Lipinski definition) is 1. The number of amides is 2. The number of likely N-dealkylation sites (tertiary alicyclic amines) is 1. The molecule has 2 aromatic rings. The number of piperidine rings is 1. The third-order valence-corrected chi connectivity index (χ3v) is 7.02. The van der Waals surface area contributed by atoms with Gasteiger partial charge in [-0.1, -0.05) is 17.7 Å². The zero-order valence-corrected chi connectivity index (χ0v) is 19.7. The normalized spacial score (nSPS) is 20.6. The van der Waals surface area contributed by atoms with Gasteiger partial charge in [0.05, 0.1) is 18.8 Å². The van der Waals surface area contributed by atoms with Crippen molar-refractivity contribution in [2.75, 3.05) is 13.1 Å². The summed E-state index contributed by atoms with van der Waals surface area (Å²) >= 11 is 5.78. The lowest BCUT2D eigenvalue weighted by atomic mass is 9.88. The van der Waals surface area contributed by atoms with Gasteiger partial charge in [-0.05, 0) is 44.2 Å². The first kappa shape index (κ1) is 25.3. The molecule has 3 heterocycles. The Morgan fingerprint density at radius 1 is 1.26 bits per heavy atom. The first-order valence-electron chi connectivity index (χ1n) is 11.3. The van der Waals surface area contributed by atoms with E-state index in [1.807, 2.05) is 0 Å². The van der Waals surface area contributed by atoms with Gasteiger partial charge in [-0.3, -0.25) is 9.48 Å². The number of carbonyl (C=O) groups is 2. The van der Waals surface area contributed by atoms with Gasteiger partial charge < -0.3 is 14.9 Å². The highest BCUT2D eigenvalue weighted by molar-refractivity contribution is 6.30. The number of fused-ring (bicyclic) bond motifs is 1. The van der Waals surface area contributed by atoms with Crippen LogP contribution < -0.4 is 0 Å². The summed E-state index contributed by atoms with van der Waals surface area (Å²) in [4.78, 5) is 27.2. The Balaban J connectivity index is 1.52. The van der Waals surface area contributed by atoms with Gasteiger partial charge in [0.15, 0.2) is 5.69 Å². The zero-order valence-electron chi connectivity index (χ0n) is 19.0. The molecule has 0 radical (unpaired) electrons. The number of halogens is 5. The first-order chi connectivity index (χ1) is 16.4. The van der Waals surface area contributed by atoms with Gasteiger partial charge in [0.2, 0.25) is 5.91 Å². The summed E-state index contributed by atoms with van der Waals surface area (Å²) in [7, 11) is 0. The minimum Gasteiger partial charge on any atom is -0.465 e. The standard InChI is InChI=1S/C23H25ClF4N4O3/c1-13-8-14(4-7-31(13)22(34)35)9-20(33)30-6-5-17-19(12-30)32(29-21(17)23(26,27)28)11-15-2-3-16(24)10-18(15)25/h2-3,10,13-14H,4-9,11-12H2,1H3,(H,34,35). The lowest BCUT2D eigenvalue weighted by Crippen LogP contribution is -2.45. The van der Waals surface area contributed by atoms with E-state index in [1.54, 1.807) is 6.92 Å². The summed E-state index contributed by atoms with van der Waals surface area (Å²) < 4.78 is 56.4. The molecule has 2 aliphatic rings. The SMILES string of the molecule is CC1CC(CC(=O)N2CCc3c(C(F)(F)F)nn(Cc4ccc(Cl)cc4F)c3C2)CCN1C(=O)O. The fraction of sp³-hybridized carbons (Fsp3) is 0.522.